The van der Waals surface area contributed by atoms with E-state index < -0.39 is 11.9 Å². The third kappa shape index (κ3) is 3.02. The molecule has 0 bridgehead atoms. The first kappa shape index (κ1) is 16.2. The van der Waals surface area contributed by atoms with Crippen LogP contribution in [-0.2, 0) is 18.9 Å². The van der Waals surface area contributed by atoms with Gasteiger partial charge in [-0.3, -0.25) is 0 Å². The smallest absolute Gasteiger partial charge is 0.164 e. The van der Waals surface area contributed by atoms with E-state index >= 15 is 0 Å². The van der Waals surface area contributed by atoms with Gasteiger partial charge in [0.15, 0.2) is 12.1 Å². The zero-order valence-corrected chi connectivity index (χ0v) is 13.4. The van der Waals surface area contributed by atoms with Gasteiger partial charge in [0.25, 0.3) is 0 Å². The minimum Gasteiger partial charge on any atom is -0.390 e. The molecule has 118 valence electrons. The molecule has 3 heterocycles. The van der Waals surface area contributed by atoms with Gasteiger partial charge in [-0.25, -0.2) is 0 Å². The van der Waals surface area contributed by atoms with Crippen LogP contribution < -0.4 is 0 Å². The number of aliphatic hydroxyl groups is 1. The van der Waals surface area contributed by atoms with Gasteiger partial charge in [-0.2, -0.15) is 0 Å². The summed E-state index contributed by atoms with van der Waals surface area (Å²) in [6.45, 7) is 12.2. The highest BCUT2D eigenvalue weighted by molar-refractivity contribution is 4.99. The van der Waals surface area contributed by atoms with E-state index in [2.05, 4.69) is 0 Å². The fourth-order valence-electron chi connectivity index (χ4n) is 3.19. The van der Waals surface area contributed by atoms with Crippen molar-refractivity contribution in [2.75, 3.05) is 6.61 Å². The number of rotatable bonds is 1. The maximum absolute atomic E-state index is 10.4. The Morgan fingerprint density at radius 3 is 2.20 bits per heavy atom. The summed E-state index contributed by atoms with van der Waals surface area (Å²) >= 11 is 0. The van der Waals surface area contributed by atoms with E-state index in [0.29, 0.717) is 6.61 Å². The van der Waals surface area contributed by atoms with E-state index in [9.17, 15) is 5.11 Å². The van der Waals surface area contributed by atoms with Crippen molar-refractivity contribution in [3.63, 3.8) is 0 Å². The first-order chi connectivity index (χ1) is 9.27. The molecule has 3 fully saturated rings. The molecule has 0 spiro atoms. The average Bonchev–Trinajstić information content (AvgIpc) is 2.95. The molecule has 5 nitrogen and oxygen atoms in total. The van der Waals surface area contributed by atoms with E-state index in [4.69, 9.17) is 18.9 Å². The number of fused-ring (bicyclic) bond motifs is 1. The average molecular weight is 288 g/mol. The maximum atomic E-state index is 10.4. The summed E-state index contributed by atoms with van der Waals surface area (Å²) in [7, 11) is 0. The van der Waals surface area contributed by atoms with Gasteiger partial charge in [-0.1, -0.05) is 13.8 Å². The summed E-state index contributed by atoms with van der Waals surface area (Å²) in [4.78, 5) is 0. The zero-order valence-electron chi connectivity index (χ0n) is 13.4. The molecular weight excluding hydrogens is 260 g/mol. The molecule has 5 atom stereocenters. The topological polar surface area (TPSA) is 57.2 Å². The van der Waals surface area contributed by atoms with Gasteiger partial charge >= 0.3 is 0 Å². The summed E-state index contributed by atoms with van der Waals surface area (Å²) in [5.74, 6) is -0.553. The lowest BCUT2D eigenvalue weighted by Gasteiger charge is -2.26. The molecule has 0 amide bonds. The number of hydrogen-bond acceptors (Lipinski definition) is 5. The Morgan fingerprint density at radius 2 is 1.70 bits per heavy atom. The van der Waals surface area contributed by atoms with Crippen LogP contribution in [0.1, 0.15) is 48.0 Å². The molecule has 3 unspecified atom stereocenters. The van der Waals surface area contributed by atoms with E-state index in [1.54, 1.807) is 0 Å². The predicted octanol–water partition coefficient (Wildman–Crippen LogP) is 2.06. The lowest BCUT2D eigenvalue weighted by atomic mass is 9.91. The van der Waals surface area contributed by atoms with E-state index in [1.165, 1.54) is 0 Å². The van der Waals surface area contributed by atoms with Crippen molar-refractivity contribution in [2.24, 2.45) is 5.92 Å². The summed E-state index contributed by atoms with van der Waals surface area (Å²) in [5, 5.41) is 10.4. The molecule has 1 N–H and O–H groups in total. The molecule has 0 aromatic rings. The second-order valence-corrected chi connectivity index (χ2v) is 6.57. The second-order valence-electron chi connectivity index (χ2n) is 6.57. The molecule has 0 saturated carbocycles. The Morgan fingerprint density at radius 1 is 1.05 bits per heavy atom. The number of aliphatic hydroxyl groups excluding tert-OH is 1. The Labute approximate surface area is 121 Å². The van der Waals surface area contributed by atoms with Crippen LogP contribution in [0.5, 0.6) is 0 Å². The van der Waals surface area contributed by atoms with Crippen LogP contribution in [0, 0.1) is 5.92 Å². The van der Waals surface area contributed by atoms with E-state index in [-0.39, 0.29) is 30.0 Å². The molecule has 0 aromatic heterocycles. The van der Waals surface area contributed by atoms with Crippen LogP contribution >= 0.6 is 0 Å². The van der Waals surface area contributed by atoms with Crippen LogP contribution in [0.2, 0.25) is 0 Å². The molecule has 0 radical (unpaired) electrons. The summed E-state index contributed by atoms with van der Waals surface area (Å²) < 4.78 is 22.9. The van der Waals surface area contributed by atoms with E-state index in [1.807, 2.05) is 41.5 Å². The number of hydrogen-bond donors (Lipinski definition) is 1. The van der Waals surface area contributed by atoms with Crippen LogP contribution in [0.3, 0.4) is 0 Å². The Bertz CT molecular complexity index is 341. The lowest BCUT2D eigenvalue weighted by molar-refractivity contribution is -0.199. The van der Waals surface area contributed by atoms with Crippen molar-refractivity contribution in [3.8, 4) is 0 Å². The van der Waals surface area contributed by atoms with Gasteiger partial charge in [-0.15, -0.1) is 0 Å². The first-order valence-electron chi connectivity index (χ1n) is 7.61. The normalized spacial score (nSPS) is 44.9. The summed E-state index contributed by atoms with van der Waals surface area (Å²) in [6.07, 6.45) is -0.608. The van der Waals surface area contributed by atoms with Crippen molar-refractivity contribution in [3.05, 3.63) is 0 Å². The first-order valence-corrected chi connectivity index (χ1v) is 7.61. The third-order valence-corrected chi connectivity index (χ3v) is 3.98. The van der Waals surface area contributed by atoms with Crippen molar-refractivity contribution in [2.45, 2.75) is 84.0 Å². The molecule has 3 aliphatic heterocycles. The SMILES string of the molecule is CC.CC1(C)C[C@H]2C(OC(C3COC(C)(C)O3)[C@@H]2O)O1. The highest BCUT2D eigenvalue weighted by atomic mass is 16.8. The highest BCUT2D eigenvalue weighted by Gasteiger charge is 2.56. The molecule has 3 aliphatic rings. The van der Waals surface area contributed by atoms with Crippen molar-refractivity contribution < 1.29 is 24.1 Å². The minimum absolute atomic E-state index is 0.0392. The van der Waals surface area contributed by atoms with Crippen LogP contribution in [-0.4, -0.2) is 47.7 Å². The minimum atomic E-state index is -0.592. The second kappa shape index (κ2) is 5.54. The molecular formula is C15H28O5. The van der Waals surface area contributed by atoms with Crippen molar-refractivity contribution in [1.82, 2.24) is 0 Å². The van der Waals surface area contributed by atoms with Gasteiger partial charge in [0.2, 0.25) is 0 Å². The summed E-state index contributed by atoms with van der Waals surface area (Å²) in [5.41, 5.74) is -0.215. The molecule has 5 heteroatoms. The molecule has 3 rings (SSSR count). The highest BCUT2D eigenvalue weighted by Crippen LogP contribution is 2.45. The van der Waals surface area contributed by atoms with Crippen LogP contribution in [0.4, 0.5) is 0 Å². The Kier molecular flexibility index (Phi) is 4.48. The Hall–Kier alpha value is -0.200. The third-order valence-electron chi connectivity index (χ3n) is 3.98. The maximum Gasteiger partial charge on any atom is 0.164 e. The van der Waals surface area contributed by atoms with Gasteiger partial charge in [-0.05, 0) is 34.1 Å². The van der Waals surface area contributed by atoms with Gasteiger partial charge in [0.05, 0.1) is 18.3 Å². The Balaban J connectivity index is 0.000000704. The van der Waals surface area contributed by atoms with Gasteiger partial charge < -0.3 is 24.1 Å². The molecule has 20 heavy (non-hydrogen) atoms. The quantitative estimate of drug-likeness (QED) is 0.800. The van der Waals surface area contributed by atoms with Crippen LogP contribution in [0.25, 0.3) is 0 Å². The standard InChI is InChI=1S/C13H22O5.C2H6/c1-12(2)5-7-9(14)10(16-11(7)18-12)8-6-15-13(3,4)17-8;1-2/h7-11,14H,5-6H2,1-4H3;1-2H3/t7-,8?,9-,10?,11?;/m1./s1. The lowest BCUT2D eigenvalue weighted by Crippen LogP contribution is -2.40. The molecule has 0 aliphatic carbocycles. The van der Waals surface area contributed by atoms with Crippen molar-refractivity contribution in [1.29, 1.82) is 0 Å². The predicted molar refractivity (Wildman–Crippen MR) is 74.2 cm³/mol. The number of ether oxygens (including phenoxy) is 4. The van der Waals surface area contributed by atoms with Gasteiger partial charge in [0.1, 0.15) is 12.2 Å². The van der Waals surface area contributed by atoms with E-state index in [0.717, 1.165) is 6.42 Å². The molecule has 0 aromatic carbocycles. The van der Waals surface area contributed by atoms with Crippen molar-refractivity contribution >= 4 is 0 Å². The fourth-order valence-corrected chi connectivity index (χ4v) is 3.19. The summed E-state index contributed by atoms with van der Waals surface area (Å²) in [6, 6.07) is 0. The van der Waals surface area contributed by atoms with Gasteiger partial charge in [0, 0.05) is 5.92 Å². The molecule has 3 saturated heterocycles. The van der Waals surface area contributed by atoms with Crippen LogP contribution in [0.15, 0.2) is 0 Å². The zero-order chi connectivity index (χ0) is 15.1. The largest absolute Gasteiger partial charge is 0.390 e. The monoisotopic (exact) mass is 288 g/mol. The fraction of sp³-hybridized carbons (Fsp3) is 1.00.